The predicted octanol–water partition coefficient (Wildman–Crippen LogP) is 4.71. The lowest BCUT2D eigenvalue weighted by Crippen LogP contribution is -2.08. The molecular formula is C21H11ClFNO4. The Hall–Kier alpha value is -3.51. The summed E-state index contributed by atoms with van der Waals surface area (Å²) in [7, 11) is 0. The Labute approximate surface area is 164 Å². The minimum atomic E-state index is -0.570. The number of rotatable bonds is 3. The monoisotopic (exact) mass is 395 g/mol. The average molecular weight is 396 g/mol. The van der Waals surface area contributed by atoms with Crippen LogP contribution in [0.5, 0.6) is 11.5 Å². The second-order valence-electron chi connectivity index (χ2n) is 5.86. The van der Waals surface area contributed by atoms with Crippen molar-refractivity contribution in [3.05, 3.63) is 94.2 Å². The number of carbonyl (C=O) groups is 2. The van der Waals surface area contributed by atoms with Crippen LogP contribution in [0.1, 0.15) is 26.3 Å². The minimum absolute atomic E-state index is 0.0599. The molecule has 0 aliphatic carbocycles. The molecule has 28 heavy (non-hydrogen) atoms. The molecule has 0 atom stereocenters. The van der Waals surface area contributed by atoms with Crippen LogP contribution >= 0.6 is 11.6 Å². The highest BCUT2D eigenvalue weighted by Gasteiger charge is 2.28. The third-order valence-corrected chi connectivity index (χ3v) is 4.37. The lowest BCUT2D eigenvalue weighted by molar-refractivity contribution is 0.0734. The van der Waals surface area contributed by atoms with E-state index in [4.69, 9.17) is 21.1 Å². The Balaban J connectivity index is 1.60. The summed E-state index contributed by atoms with van der Waals surface area (Å²) in [5.41, 5.74) is 0.675. The van der Waals surface area contributed by atoms with E-state index in [0.717, 1.165) is 0 Å². The second kappa shape index (κ2) is 7.25. The van der Waals surface area contributed by atoms with E-state index in [0.29, 0.717) is 5.56 Å². The van der Waals surface area contributed by atoms with E-state index in [2.05, 4.69) is 4.98 Å². The van der Waals surface area contributed by atoms with Crippen LogP contribution in [0.15, 0.2) is 66.7 Å². The Morgan fingerprint density at radius 2 is 1.93 bits per heavy atom. The summed E-state index contributed by atoms with van der Waals surface area (Å²) in [6.07, 6.45) is 4.21. The van der Waals surface area contributed by atoms with Crippen LogP contribution in [0.25, 0.3) is 6.08 Å². The zero-order valence-corrected chi connectivity index (χ0v) is 14.9. The second-order valence-corrected chi connectivity index (χ2v) is 6.27. The van der Waals surface area contributed by atoms with E-state index in [1.54, 1.807) is 0 Å². The van der Waals surface area contributed by atoms with Crippen LogP contribution in [-0.2, 0) is 0 Å². The lowest BCUT2D eigenvalue weighted by atomic mass is 10.1. The number of nitrogens with zero attached hydrogens (tertiary/aromatic N) is 1. The van der Waals surface area contributed by atoms with Crippen LogP contribution in [0.3, 0.4) is 0 Å². The molecule has 1 aromatic heterocycles. The molecule has 0 radical (unpaired) electrons. The number of hydrogen-bond acceptors (Lipinski definition) is 5. The maximum atomic E-state index is 14.0. The molecule has 0 amide bonds. The summed E-state index contributed by atoms with van der Waals surface area (Å²) < 4.78 is 24.8. The molecule has 0 saturated heterocycles. The van der Waals surface area contributed by atoms with Gasteiger partial charge in [0.1, 0.15) is 17.3 Å². The summed E-state index contributed by atoms with van der Waals surface area (Å²) >= 11 is 5.99. The molecule has 2 aromatic carbocycles. The standard InChI is InChI=1S/C21H11ClFNO4/c22-16-2-1-3-17(23)15(16)11-19-20(25)14-5-4-13(10-18(14)28-19)27-21(26)12-6-8-24-9-7-12/h1-11H/b19-11-. The molecule has 0 saturated carbocycles. The third-order valence-electron chi connectivity index (χ3n) is 4.04. The first-order valence-corrected chi connectivity index (χ1v) is 8.55. The lowest BCUT2D eigenvalue weighted by Gasteiger charge is -2.05. The van der Waals surface area contributed by atoms with Gasteiger partial charge in [-0.1, -0.05) is 17.7 Å². The van der Waals surface area contributed by atoms with Crippen molar-refractivity contribution in [2.45, 2.75) is 0 Å². The number of halogens is 2. The Kier molecular flexibility index (Phi) is 4.63. The number of benzene rings is 2. The number of Topliss-reactive ketones (excluding diaryl/α,β-unsaturated/α-hetero) is 1. The van der Waals surface area contributed by atoms with Gasteiger partial charge in [0.25, 0.3) is 0 Å². The Morgan fingerprint density at radius 1 is 1.14 bits per heavy atom. The SMILES string of the molecule is O=C(Oc1ccc2c(c1)O/C(=C\c1c(F)cccc1Cl)C2=O)c1ccncc1. The fraction of sp³-hybridized carbons (Fsp3) is 0. The quantitative estimate of drug-likeness (QED) is 0.365. The molecule has 1 aliphatic heterocycles. The molecule has 138 valence electrons. The molecule has 3 aromatic rings. The molecule has 7 heteroatoms. The molecule has 0 unspecified atom stereocenters. The van der Waals surface area contributed by atoms with Crippen molar-refractivity contribution in [2.75, 3.05) is 0 Å². The van der Waals surface area contributed by atoms with Gasteiger partial charge in [0.15, 0.2) is 5.76 Å². The van der Waals surface area contributed by atoms with Gasteiger partial charge in [-0.3, -0.25) is 9.78 Å². The molecule has 1 aliphatic rings. The van der Waals surface area contributed by atoms with Crippen molar-refractivity contribution in [2.24, 2.45) is 0 Å². The topological polar surface area (TPSA) is 65.5 Å². The van der Waals surface area contributed by atoms with Gasteiger partial charge in [-0.15, -0.1) is 0 Å². The van der Waals surface area contributed by atoms with E-state index in [1.165, 1.54) is 67.0 Å². The molecule has 0 fully saturated rings. The van der Waals surface area contributed by atoms with Crippen molar-refractivity contribution in [1.82, 2.24) is 4.98 Å². The van der Waals surface area contributed by atoms with Crippen molar-refractivity contribution >= 4 is 29.4 Å². The van der Waals surface area contributed by atoms with E-state index in [-0.39, 0.29) is 33.4 Å². The van der Waals surface area contributed by atoms with E-state index < -0.39 is 17.6 Å². The number of ether oxygens (including phenoxy) is 2. The third kappa shape index (κ3) is 3.37. The van der Waals surface area contributed by atoms with Gasteiger partial charge in [0, 0.05) is 24.0 Å². The van der Waals surface area contributed by atoms with Crippen molar-refractivity contribution in [3.8, 4) is 11.5 Å². The number of pyridine rings is 1. The molecule has 5 nitrogen and oxygen atoms in total. The molecule has 0 spiro atoms. The van der Waals surface area contributed by atoms with E-state index >= 15 is 0 Å². The summed E-state index contributed by atoms with van der Waals surface area (Å²) in [6, 6.07) is 11.7. The van der Waals surface area contributed by atoms with E-state index in [9.17, 15) is 14.0 Å². The number of hydrogen-bond donors (Lipinski definition) is 0. The molecule has 0 bridgehead atoms. The van der Waals surface area contributed by atoms with Gasteiger partial charge in [0.2, 0.25) is 5.78 Å². The number of fused-ring (bicyclic) bond motifs is 1. The van der Waals surface area contributed by atoms with Crippen LogP contribution < -0.4 is 9.47 Å². The highest BCUT2D eigenvalue weighted by atomic mass is 35.5. The highest BCUT2D eigenvalue weighted by Crippen LogP contribution is 2.36. The van der Waals surface area contributed by atoms with Crippen LogP contribution in [0, 0.1) is 5.82 Å². The number of allylic oxidation sites excluding steroid dienone is 1. The molecule has 0 N–H and O–H groups in total. The summed E-state index contributed by atoms with van der Waals surface area (Å²) in [6.45, 7) is 0. The molecular weight excluding hydrogens is 385 g/mol. The first-order chi connectivity index (χ1) is 13.5. The summed E-state index contributed by atoms with van der Waals surface area (Å²) in [4.78, 5) is 28.5. The summed E-state index contributed by atoms with van der Waals surface area (Å²) in [5, 5.41) is 0.159. The Morgan fingerprint density at radius 3 is 2.68 bits per heavy atom. The van der Waals surface area contributed by atoms with Gasteiger partial charge in [0.05, 0.1) is 16.1 Å². The highest BCUT2D eigenvalue weighted by molar-refractivity contribution is 6.32. The van der Waals surface area contributed by atoms with Gasteiger partial charge in [-0.25, -0.2) is 9.18 Å². The normalized spacial score (nSPS) is 13.9. The number of ketones is 1. The Bertz CT molecular complexity index is 1110. The zero-order chi connectivity index (χ0) is 19.7. The van der Waals surface area contributed by atoms with Crippen LogP contribution in [0.4, 0.5) is 4.39 Å². The smallest absolute Gasteiger partial charge is 0.343 e. The average Bonchev–Trinajstić information content (AvgIpc) is 3.00. The molecule has 2 heterocycles. The van der Waals surface area contributed by atoms with Gasteiger partial charge < -0.3 is 9.47 Å². The molecule has 4 rings (SSSR count). The first kappa shape index (κ1) is 17.9. The predicted molar refractivity (Wildman–Crippen MR) is 100.0 cm³/mol. The first-order valence-electron chi connectivity index (χ1n) is 8.17. The zero-order valence-electron chi connectivity index (χ0n) is 14.2. The van der Waals surface area contributed by atoms with Crippen LogP contribution in [-0.4, -0.2) is 16.7 Å². The van der Waals surface area contributed by atoms with Crippen LogP contribution in [0.2, 0.25) is 5.02 Å². The van der Waals surface area contributed by atoms with Crippen molar-refractivity contribution in [1.29, 1.82) is 0 Å². The maximum absolute atomic E-state index is 14.0. The van der Waals surface area contributed by atoms with E-state index in [1.807, 2.05) is 0 Å². The largest absolute Gasteiger partial charge is 0.452 e. The minimum Gasteiger partial charge on any atom is -0.452 e. The van der Waals surface area contributed by atoms with Gasteiger partial charge >= 0.3 is 5.97 Å². The number of esters is 1. The number of carbonyl (C=O) groups excluding carboxylic acids is 2. The maximum Gasteiger partial charge on any atom is 0.343 e. The van der Waals surface area contributed by atoms with Crippen molar-refractivity contribution < 1.29 is 23.5 Å². The fourth-order valence-electron chi connectivity index (χ4n) is 2.66. The van der Waals surface area contributed by atoms with Gasteiger partial charge in [-0.05, 0) is 42.5 Å². The van der Waals surface area contributed by atoms with Crippen molar-refractivity contribution in [3.63, 3.8) is 0 Å². The number of aromatic nitrogens is 1. The van der Waals surface area contributed by atoms with Gasteiger partial charge in [-0.2, -0.15) is 0 Å². The fourth-order valence-corrected chi connectivity index (χ4v) is 2.88. The summed E-state index contributed by atoms with van der Waals surface area (Å²) in [5.74, 6) is -1.21.